The van der Waals surface area contributed by atoms with Crippen molar-refractivity contribution in [1.29, 1.82) is 5.26 Å². The SMILES string of the molecule is COc1cc(C2C(C#N)=C(N)Oc3cc(OC(=O)C(C)Oc4ccccc4F)ccc32)ccc1OCc1ccc(Cl)cc1. The summed E-state index contributed by atoms with van der Waals surface area (Å²) in [7, 11) is 1.53. The van der Waals surface area contributed by atoms with E-state index in [9.17, 15) is 14.4 Å². The molecule has 4 aromatic carbocycles. The summed E-state index contributed by atoms with van der Waals surface area (Å²) in [4.78, 5) is 12.7. The zero-order valence-electron chi connectivity index (χ0n) is 23.2. The van der Waals surface area contributed by atoms with Crippen molar-refractivity contribution in [3.63, 3.8) is 0 Å². The number of carbonyl (C=O) groups excluding carboxylic acids is 1. The molecule has 0 saturated heterocycles. The van der Waals surface area contributed by atoms with Crippen LogP contribution in [0.3, 0.4) is 0 Å². The topological polar surface area (TPSA) is 113 Å². The Labute approximate surface area is 252 Å². The summed E-state index contributed by atoms with van der Waals surface area (Å²) in [6, 6.07) is 25.3. The van der Waals surface area contributed by atoms with Crippen molar-refractivity contribution in [2.24, 2.45) is 5.73 Å². The van der Waals surface area contributed by atoms with Gasteiger partial charge in [-0.05, 0) is 60.5 Å². The number of nitrogens with zero attached hydrogens (tertiary/aromatic N) is 1. The lowest BCUT2D eigenvalue weighted by molar-refractivity contribution is -0.141. The average Bonchev–Trinajstić information content (AvgIpc) is 3.01. The molecule has 218 valence electrons. The van der Waals surface area contributed by atoms with E-state index in [4.69, 9.17) is 41.0 Å². The van der Waals surface area contributed by atoms with Crippen LogP contribution in [0.1, 0.15) is 29.5 Å². The number of nitriles is 1. The molecule has 2 atom stereocenters. The van der Waals surface area contributed by atoms with Crippen LogP contribution >= 0.6 is 11.6 Å². The standard InChI is InChI=1S/C33H26ClFN2O6/c1-19(41-27-6-4-3-5-26(27)35)33(38)42-23-12-13-24-29(16-23)43-32(37)25(17-36)31(24)21-9-14-28(30(15-21)39-2)40-18-20-7-10-22(34)11-8-20/h3-16,19,31H,18,37H2,1-2H3. The molecule has 0 fully saturated rings. The summed E-state index contributed by atoms with van der Waals surface area (Å²) in [5, 5.41) is 10.6. The smallest absolute Gasteiger partial charge is 0.352 e. The highest BCUT2D eigenvalue weighted by Gasteiger charge is 2.32. The molecule has 0 bridgehead atoms. The zero-order valence-corrected chi connectivity index (χ0v) is 23.9. The molecule has 0 spiro atoms. The third kappa shape index (κ3) is 6.50. The van der Waals surface area contributed by atoms with Crippen LogP contribution in [0, 0.1) is 17.1 Å². The first-order valence-corrected chi connectivity index (χ1v) is 13.5. The minimum absolute atomic E-state index is 0.0673. The lowest BCUT2D eigenvalue weighted by atomic mass is 9.83. The van der Waals surface area contributed by atoms with Gasteiger partial charge >= 0.3 is 5.97 Å². The number of methoxy groups -OCH3 is 1. The van der Waals surface area contributed by atoms with E-state index in [0.29, 0.717) is 40.0 Å². The highest BCUT2D eigenvalue weighted by molar-refractivity contribution is 6.30. The number of nitrogens with two attached hydrogens (primary N) is 1. The van der Waals surface area contributed by atoms with Gasteiger partial charge < -0.3 is 29.4 Å². The van der Waals surface area contributed by atoms with Crippen molar-refractivity contribution in [3.8, 4) is 34.8 Å². The number of carbonyl (C=O) groups is 1. The van der Waals surface area contributed by atoms with Crippen molar-refractivity contribution in [3.05, 3.63) is 124 Å². The molecule has 0 aromatic heterocycles. The summed E-state index contributed by atoms with van der Waals surface area (Å²) in [5.74, 6) is -0.646. The first-order chi connectivity index (χ1) is 20.8. The van der Waals surface area contributed by atoms with Crippen molar-refractivity contribution in [2.75, 3.05) is 7.11 Å². The average molecular weight is 601 g/mol. The van der Waals surface area contributed by atoms with E-state index >= 15 is 0 Å². The van der Waals surface area contributed by atoms with E-state index in [1.54, 1.807) is 42.5 Å². The van der Waals surface area contributed by atoms with Crippen molar-refractivity contribution in [2.45, 2.75) is 25.6 Å². The summed E-state index contributed by atoms with van der Waals surface area (Å²) < 4.78 is 42.2. The fourth-order valence-electron chi connectivity index (χ4n) is 4.54. The molecule has 8 nitrogen and oxygen atoms in total. The predicted octanol–water partition coefficient (Wildman–Crippen LogP) is 6.66. The van der Waals surface area contributed by atoms with E-state index in [1.807, 2.05) is 18.2 Å². The van der Waals surface area contributed by atoms with Crippen LogP contribution in [0.25, 0.3) is 0 Å². The van der Waals surface area contributed by atoms with Gasteiger partial charge in [0.2, 0.25) is 5.88 Å². The molecule has 1 heterocycles. The van der Waals surface area contributed by atoms with Crippen LogP contribution in [-0.4, -0.2) is 19.2 Å². The molecule has 0 radical (unpaired) electrons. The van der Waals surface area contributed by atoms with Gasteiger partial charge in [-0.25, -0.2) is 9.18 Å². The number of hydrogen-bond donors (Lipinski definition) is 1. The van der Waals surface area contributed by atoms with Crippen molar-refractivity contribution < 1.29 is 32.9 Å². The number of hydrogen-bond acceptors (Lipinski definition) is 8. The number of esters is 1. The number of halogens is 2. The van der Waals surface area contributed by atoms with E-state index in [0.717, 1.165) is 5.56 Å². The quantitative estimate of drug-likeness (QED) is 0.168. The molecule has 5 rings (SSSR count). The number of para-hydroxylation sites is 1. The number of rotatable bonds is 9. The summed E-state index contributed by atoms with van der Waals surface area (Å²) in [6.45, 7) is 1.75. The summed E-state index contributed by atoms with van der Waals surface area (Å²) >= 11 is 5.97. The van der Waals surface area contributed by atoms with Gasteiger partial charge in [0.05, 0.1) is 13.0 Å². The Hall–Kier alpha value is -5.20. The van der Waals surface area contributed by atoms with Crippen LogP contribution < -0.4 is 29.4 Å². The maximum Gasteiger partial charge on any atom is 0.352 e. The first-order valence-electron chi connectivity index (χ1n) is 13.2. The van der Waals surface area contributed by atoms with Gasteiger partial charge in [0, 0.05) is 16.7 Å². The van der Waals surface area contributed by atoms with Gasteiger partial charge in [-0.15, -0.1) is 0 Å². The second-order valence-electron chi connectivity index (χ2n) is 9.56. The number of ether oxygens (including phenoxy) is 5. The van der Waals surface area contributed by atoms with Gasteiger partial charge in [-0.2, -0.15) is 5.26 Å². The fourth-order valence-corrected chi connectivity index (χ4v) is 4.67. The van der Waals surface area contributed by atoms with Gasteiger partial charge in [0.1, 0.15) is 29.7 Å². The molecule has 0 saturated carbocycles. The minimum atomic E-state index is -1.09. The third-order valence-corrected chi connectivity index (χ3v) is 6.96. The maximum atomic E-state index is 13.9. The van der Waals surface area contributed by atoms with Gasteiger partial charge in [-0.3, -0.25) is 0 Å². The maximum absolute atomic E-state index is 13.9. The number of allylic oxidation sites excluding steroid dienone is 1. The zero-order chi connectivity index (χ0) is 30.5. The molecule has 43 heavy (non-hydrogen) atoms. The highest BCUT2D eigenvalue weighted by Crippen LogP contribution is 2.45. The van der Waals surface area contributed by atoms with E-state index in [-0.39, 0.29) is 23.0 Å². The molecule has 1 aliphatic rings. The molecule has 2 unspecified atom stereocenters. The van der Waals surface area contributed by atoms with E-state index < -0.39 is 23.8 Å². The Balaban J connectivity index is 1.37. The van der Waals surface area contributed by atoms with Crippen LogP contribution in [-0.2, 0) is 11.4 Å². The Morgan fingerprint density at radius 3 is 2.53 bits per heavy atom. The van der Waals surface area contributed by atoms with Crippen LogP contribution in [0.4, 0.5) is 4.39 Å². The Bertz CT molecular complexity index is 1730. The van der Waals surface area contributed by atoms with Crippen LogP contribution in [0.15, 0.2) is 96.4 Å². The molecule has 2 N–H and O–H groups in total. The first kappa shape index (κ1) is 29.3. The minimum Gasteiger partial charge on any atom is -0.493 e. The van der Waals surface area contributed by atoms with Crippen molar-refractivity contribution >= 4 is 17.6 Å². The third-order valence-electron chi connectivity index (χ3n) is 6.71. The molecule has 10 heteroatoms. The fraction of sp³-hybridized carbons (Fsp3) is 0.152. The van der Waals surface area contributed by atoms with Crippen LogP contribution in [0.2, 0.25) is 5.02 Å². The number of benzene rings is 4. The summed E-state index contributed by atoms with van der Waals surface area (Å²) in [5.41, 5.74) is 8.63. The summed E-state index contributed by atoms with van der Waals surface area (Å²) in [6.07, 6.45) is -1.09. The molecular formula is C33H26ClFN2O6. The van der Waals surface area contributed by atoms with Crippen molar-refractivity contribution in [1.82, 2.24) is 0 Å². The lowest BCUT2D eigenvalue weighted by Crippen LogP contribution is -2.29. The largest absolute Gasteiger partial charge is 0.493 e. The molecular weight excluding hydrogens is 575 g/mol. The van der Waals surface area contributed by atoms with Gasteiger partial charge in [0.25, 0.3) is 0 Å². The molecule has 1 aliphatic heterocycles. The Morgan fingerprint density at radius 2 is 1.81 bits per heavy atom. The Kier molecular flexibility index (Phi) is 8.69. The molecule has 0 amide bonds. The van der Waals surface area contributed by atoms with E-state index in [2.05, 4.69) is 6.07 Å². The second-order valence-corrected chi connectivity index (χ2v) is 10.00. The molecule has 4 aromatic rings. The lowest BCUT2D eigenvalue weighted by Gasteiger charge is -2.27. The second kappa shape index (κ2) is 12.8. The van der Waals surface area contributed by atoms with E-state index in [1.165, 1.54) is 38.3 Å². The monoisotopic (exact) mass is 600 g/mol. The highest BCUT2D eigenvalue weighted by atomic mass is 35.5. The predicted molar refractivity (Wildman–Crippen MR) is 157 cm³/mol. The van der Waals surface area contributed by atoms with Gasteiger partial charge in [-0.1, -0.05) is 48.0 Å². The molecule has 0 aliphatic carbocycles. The normalized spacial score (nSPS) is 14.5. The van der Waals surface area contributed by atoms with Crippen LogP contribution in [0.5, 0.6) is 28.7 Å². The Morgan fingerprint density at radius 1 is 1.05 bits per heavy atom. The van der Waals surface area contributed by atoms with Gasteiger partial charge in [0.15, 0.2) is 29.2 Å². The number of fused-ring (bicyclic) bond motifs is 1.